The van der Waals surface area contributed by atoms with E-state index in [9.17, 15) is 4.79 Å². The Bertz CT molecular complexity index is 981. The second-order valence-electron chi connectivity index (χ2n) is 7.74. The van der Waals surface area contributed by atoms with Crippen LogP contribution in [-0.4, -0.2) is 20.4 Å². The Morgan fingerprint density at radius 2 is 1.82 bits per heavy atom. The summed E-state index contributed by atoms with van der Waals surface area (Å²) in [5.74, 6) is 0.633. The molecule has 28 heavy (non-hydrogen) atoms. The molecule has 0 bridgehead atoms. The minimum absolute atomic E-state index is 0.0559. The summed E-state index contributed by atoms with van der Waals surface area (Å²) in [5, 5.41) is 7.81. The summed E-state index contributed by atoms with van der Waals surface area (Å²) in [6.07, 6.45) is 10.2. The Labute approximate surface area is 166 Å². The third-order valence-electron chi connectivity index (χ3n) is 5.82. The highest BCUT2D eigenvalue weighted by molar-refractivity contribution is 5.65. The van der Waals surface area contributed by atoms with Gasteiger partial charge in [-0.05, 0) is 50.2 Å². The van der Waals surface area contributed by atoms with Crippen molar-refractivity contribution in [2.45, 2.75) is 51.1 Å². The molecule has 1 aromatic carbocycles. The molecular weight excluding hydrogens is 348 g/mol. The van der Waals surface area contributed by atoms with Gasteiger partial charge in [0.2, 0.25) is 0 Å². The molecular formula is C23H28N4O. The molecule has 0 amide bonds. The molecule has 2 aromatic heterocycles. The van der Waals surface area contributed by atoms with E-state index < -0.39 is 0 Å². The number of aromatic nitrogens is 3. The van der Waals surface area contributed by atoms with Crippen LogP contribution in [0.4, 0.5) is 5.69 Å². The highest BCUT2D eigenvalue weighted by Gasteiger charge is 2.23. The van der Waals surface area contributed by atoms with Crippen LogP contribution in [0.1, 0.15) is 44.1 Å². The van der Waals surface area contributed by atoms with Crippen LogP contribution in [-0.2, 0) is 13.6 Å². The first-order valence-corrected chi connectivity index (χ1v) is 10.2. The first-order valence-electron chi connectivity index (χ1n) is 10.2. The molecule has 1 aliphatic rings. The average Bonchev–Trinajstić information content (AvgIpc) is 3.17. The Morgan fingerprint density at radius 1 is 1.07 bits per heavy atom. The Balaban J connectivity index is 1.51. The summed E-state index contributed by atoms with van der Waals surface area (Å²) >= 11 is 0. The number of anilines is 1. The third kappa shape index (κ3) is 3.88. The van der Waals surface area contributed by atoms with Crippen molar-refractivity contribution in [3.63, 3.8) is 0 Å². The molecule has 146 valence electrons. The molecule has 0 spiro atoms. The van der Waals surface area contributed by atoms with Crippen molar-refractivity contribution >= 4 is 5.69 Å². The van der Waals surface area contributed by atoms with E-state index in [4.69, 9.17) is 0 Å². The summed E-state index contributed by atoms with van der Waals surface area (Å²) in [6, 6.07) is 13.1. The molecule has 4 rings (SSSR count). The molecule has 0 atom stereocenters. The molecule has 3 aromatic rings. The van der Waals surface area contributed by atoms with Crippen molar-refractivity contribution in [2.24, 2.45) is 7.05 Å². The van der Waals surface area contributed by atoms with Gasteiger partial charge in [-0.15, -0.1) is 0 Å². The Hall–Kier alpha value is -2.82. The fourth-order valence-corrected chi connectivity index (χ4v) is 4.22. The molecule has 1 saturated carbocycles. The van der Waals surface area contributed by atoms with E-state index in [-0.39, 0.29) is 5.56 Å². The molecule has 1 fully saturated rings. The van der Waals surface area contributed by atoms with Gasteiger partial charge in [0.1, 0.15) is 5.69 Å². The largest absolute Gasteiger partial charge is 0.378 e. The van der Waals surface area contributed by atoms with Crippen LogP contribution in [0.15, 0.2) is 59.8 Å². The fourth-order valence-electron chi connectivity index (χ4n) is 4.22. The van der Waals surface area contributed by atoms with Crippen molar-refractivity contribution < 1.29 is 0 Å². The topological polar surface area (TPSA) is 51.9 Å². The molecule has 5 nitrogen and oxygen atoms in total. The fraction of sp³-hybridized carbons (Fsp3) is 0.391. The minimum atomic E-state index is 0.0559. The van der Waals surface area contributed by atoms with Crippen LogP contribution in [0.25, 0.3) is 11.1 Å². The molecule has 0 unspecified atom stereocenters. The number of pyridine rings is 1. The smallest absolute Gasteiger partial charge is 0.273 e. The minimum Gasteiger partial charge on any atom is -0.378 e. The highest BCUT2D eigenvalue weighted by Crippen LogP contribution is 2.34. The van der Waals surface area contributed by atoms with Crippen LogP contribution in [0.3, 0.4) is 0 Å². The summed E-state index contributed by atoms with van der Waals surface area (Å²) < 4.78 is 3.56. The number of aryl methyl sites for hydroxylation is 2. The standard InChI is InChI=1S/C23H28N4O/c1-3-27-16-19(20-14-24-26(2)15-20)13-22(23(27)28)25-21-11-9-18(10-12-21)17-7-5-4-6-8-17/h4-8,13-16,18,21,25H,3,9-12H2,1-2H3. The maximum atomic E-state index is 12.8. The van der Waals surface area contributed by atoms with Gasteiger partial charge in [0, 0.05) is 43.2 Å². The van der Waals surface area contributed by atoms with E-state index in [1.807, 2.05) is 38.6 Å². The number of rotatable bonds is 5. The van der Waals surface area contributed by atoms with E-state index in [1.54, 1.807) is 9.25 Å². The van der Waals surface area contributed by atoms with Crippen LogP contribution >= 0.6 is 0 Å². The molecule has 1 N–H and O–H groups in total. The van der Waals surface area contributed by atoms with Gasteiger partial charge < -0.3 is 9.88 Å². The summed E-state index contributed by atoms with van der Waals surface area (Å²) in [6.45, 7) is 2.66. The number of benzene rings is 1. The number of hydrogen-bond acceptors (Lipinski definition) is 3. The normalized spacial score (nSPS) is 19.5. The predicted molar refractivity (Wildman–Crippen MR) is 114 cm³/mol. The maximum absolute atomic E-state index is 12.8. The number of nitrogens with one attached hydrogen (secondary N) is 1. The van der Waals surface area contributed by atoms with Gasteiger partial charge in [-0.1, -0.05) is 30.3 Å². The van der Waals surface area contributed by atoms with Gasteiger partial charge in [-0.3, -0.25) is 9.48 Å². The number of hydrogen-bond donors (Lipinski definition) is 1. The van der Waals surface area contributed by atoms with Gasteiger partial charge in [-0.25, -0.2) is 0 Å². The lowest BCUT2D eigenvalue weighted by Crippen LogP contribution is -2.30. The molecule has 0 radical (unpaired) electrons. The van der Waals surface area contributed by atoms with Crippen LogP contribution in [0.5, 0.6) is 0 Å². The molecule has 0 saturated heterocycles. The Kier molecular flexibility index (Phi) is 5.33. The van der Waals surface area contributed by atoms with Crippen LogP contribution < -0.4 is 10.9 Å². The molecule has 2 heterocycles. The lowest BCUT2D eigenvalue weighted by molar-refractivity contribution is 0.412. The van der Waals surface area contributed by atoms with Crippen LogP contribution in [0, 0.1) is 0 Å². The predicted octanol–water partition coefficient (Wildman–Crippen LogP) is 4.41. The van der Waals surface area contributed by atoms with Crippen molar-refractivity contribution in [1.82, 2.24) is 14.3 Å². The second-order valence-corrected chi connectivity index (χ2v) is 7.74. The van der Waals surface area contributed by atoms with E-state index in [0.29, 0.717) is 24.2 Å². The van der Waals surface area contributed by atoms with Crippen molar-refractivity contribution in [3.8, 4) is 11.1 Å². The second kappa shape index (κ2) is 8.05. The zero-order chi connectivity index (χ0) is 19.5. The zero-order valence-electron chi connectivity index (χ0n) is 16.6. The van der Waals surface area contributed by atoms with E-state index in [2.05, 4.69) is 40.7 Å². The Morgan fingerprint density at radius 3 is 2.46 bits per heavy atom. The monoisotopic (exact) mass is 376 g/mol. The SMILES string of the molecule is CCn1cc(-c2cnn(C)c2)cc(NC2CCC(c3ccccc3)CC2)c1=O. The van der Waals surface area contributed by atoms with Crippen molar-refractivity contribution in [3.05, 3.63) is 70.9 Å². The van der Waals surface area contributed by atoms with Gasteiger partial charge in [-0.2, -0.15) is 5.10 Å². The maximum Gasteiger partial charge on any atom is 0.273 e. The van der Waals surface area contributed by atoms with Gasteiger partial charge >= 0.3 is 0 Å². The number of nitrogens with zero attached hydrogens (tertiary/aromatic N) is 3. The highest BCUT2D eigenvalue weighted by atomic mass is 16.1. The molecule has 5 heteroatoms. The van der Waals surface area contributed by atoms with E-state index in [1.165, 1.54) is 5.56 Å². The molecule has 1 aliphatic carbocycles. The summed E-state index contributed by atoms with van der Waals surface area (Å²) in [4.78, 5) is 12.8. The van der Waals surface area contributed by atoms with Gasteiger partial charge in [0.05, 0.1) is 6.20 Å². The average molecular weight is 377 g/mol. The van der Waals surface area contributed by atoms with Crippen LogP contribution in [0.2, 0.25) is 0 Å². The first-order chi connectivity index (χ1) is 13.6. The lowest BCUT2D eigenvalue weighted by atomic mass is 9.82. The van der Waals surface area contributed by atoms with Gasteiger partial charge in [0.15, 0.2) is 0 Å². The van der Waals surface area contributed by atoms with E-state index in [0.717, 1.165) is 36.8 Å². The zero-order valence-corrected chi connectivity index (χ0v) is 16.6. The van der Waals surface area contributed by atoms with Gasteiger partial charge in [0.25, 0.3) is 5.56 Å². The summed E-state index contributed by atoms with van der Waals surface area (Å²) in [7, 11) is 1.91. The summed E-state index contributed by atoms with van der Waals surface area (Å²) in [5.41, 5.74) is 4.25. The van der Waals surface area contributed by atoms with Crippen molar-refractivity contribution in [2.75, 3.05) is 5.32 Å². The third-order valence-corrected chi connectivity index (χ3v) is 5.82. The van der Waals surface area contributed by atoms with Crippen molar-refractivity contribution in [1.29, 1.82) is 0 Å². The molecule has 0 aliphatic heterocycles. The first kappa shape index (κ1) is 18.5. The lowest BCUT2D eigenvalue weighted by Gasteiger charge is -2.30. The van der Waals surface area contributed by atoms with E-state index >= 15 is 0 Å². The quantitative estimate of drug-likeness (QED) is 0.718.